The molecule has 28 heavy (non-hydrogen) atoms. The van der Waals surface area contributed by atoms with E-state index in [1.165, 1.54) is 12.8 Å². The molecule has 12 nitrogen and oxygen atoms in total. The second kappa shape index (κ2) is 10.1. The molecule has 1 aliphatic carbocycles. The minimum atomic E-state index is -5.05. The average molecular weight is 467 g/mol. The number of hydrogen-bond donors (Lipinski definition) is 4. The van der Waals surface area contributed by atoms with E-state index in [1.807, 2.05) is 0 Å². The summed E-state index contributed by atoms with van der Waals surface area (Å²) in [6.45, 7) is -0.526. The first-order valence-electron chi connectivity index (χ1n) is 8.94. The van der Waals surface area contributed by atoms with E-state index < -0.39 is 42.2 Å². The van der Waals surface area contributed by atoms with E-state index in [2.05, 4.69) is 13.1 Å². The summed E-state index contributed by atoms with van der Waals surface area (Å²) in [7, 11) is -14.1. The zero-order valence-corrected chi connectivity index (χ0v) is 18.2. The Morgan fingerprint density at radius 1 is 1.07 bits per heavy atom. The van der Waals surface area contributed by atoms with E-state index in [0.29, 0.717) is 12.3 Å². The zero-order chi connectivity index (χ0) is 21.0. The van der Waals surface area contributed by atoms with Crippen molar-refractivity contribution in [3.8, 4) is 0 Å². The van der Waals surface area contributed by atoms with E-state index in [9.17, 15) is 23.7 Å². The first-order valence-corrected chi connectivity index (χ1v) is 13.5. The van der Waals surface area contributed by atoms with Gasteiger partial charge in [0, 0.05) is 13.5 Å². The molecule has 1 heterocycles. The monoisotopic (exact) mass is 467 g/mol. The summed E-state index contributed by atoms with van der Waals surface area (Å²) in [5, 5.41) is 10.2. The number of ether oxygens (including phenoxy) is 1. The van der Waals surface area contributed by atoms with Crippen molar-refractivity contribution in [3.05, 3.63) is 0 Å². The van der Waals surface area contributed by atoms with Crippen molar-refractivity contribution in [2.75, 3.05) is 13.7 Å². The molecule has 0 bridgehead atoms. The average Bonchev–Trinajstić information content (AvgIpc) is 2.76. The minimum absolute atomic E-state index is 0.174. The molecule has 0 aromatic rings. The summed E-state index contributed by atoms with van der Waals surface area (Å²) >= 11 is 0. The molecule has 0 aromatic heterocycles. The molecule has 5 N–H and O–H groups in total. The highest BCUT2D eigenvalue weighted by atomic mass is 31.3. The van der Waals surface area contributed by atoms with Crippen molar-refractivity contribution in [3.63, 3.8) is 0 Å². The largest absolute Gasteiger partial charge is 0.491 e. The van der Waals surface area contributed by atoms with Crippen molar-refractivity contribution in [1.82, 2.24) is 0 Å². The Morgan fingerprint density at radius 2 is 1.68 bits per heavy atom. The molecule has 4 unspecified atom stereocenters. The van der Waals surface area contributed by atoms with Crippen LogP contribution < -0.4 is 5.50 Å². The number of rotatable bonds is 9. The molecule has 0 radical (unpaired) electrons. The van der Waals surface area contributed by atoms with Crippen molar-refractivity contribution in [1.29, 1.82) is 0 Å². The third-order valence-corrected chi connectivity index (χ3v) is 9.01. The molecular formula is C13H28NO11P3. The molecule has 2 rings (SSSR count). The predicted molar refractivity (Wildman–Crippen MR) is 97.1 cm³/mol. The van der Waals surface area contributed by atoms with Gasteiger partial charge in [0.15, 0.2) is 0 Å². The van der Waals surface area contributed by atoms with Crippen molar-refractivity contribution in [2.24, 2.45) is 11.4 Å². The lowest BCUT2D eigenvalue weighted by Crippen LogP contribution is -2.26. The van der Waals surface area contributed by atoms with Crippen LogP contribution in [0.2, 0.25) is 0 Å². The molecule has 0 aromatic carbocycles. The molecule has 2 fully saturated rings. The number of hydrogen-bond acceptors (Lipinski definition) is 9. The molecule has 1 aliphatic heterocycles. The van der Waals surface area contributed by atoms with Gasteiger partial charge in [0.2, 0.25) is 0 Å². The second-order valence-electron chi connectivity index (χ2n) is 6.89. The molecule has 166 valence electrons. The van der Waals surface area contributed by atoms with E-state index in [4.69, 9.17) is 19.7 Å². The lowest BCUT2D eigenvalue weighted by molar-refractivity contribution is -0.0392. The lowest BCUT2D eigenvalue weighted by Gasteiger charge is -2.23. The minimum Gasteiger partial charge on any atom is -0.390 e. The number of aliphatic hydroxyl groups is 1. The lowest BCUT2D eigenvalue weighted by atomic mass is 9.92. The smallest absolute Gasteiger partial charge is 0.390 e. The second-order valence-corrected chi connectivity index (χ2v) is 11.8. The van der Waals surface area contributed by atoms with Crippen LogP contribution in [-0.4, -0.2) is 46.9 Å². The van der Waals surface area contributed by atoms with Crippen LogP contribution in [0.4, 0.5) is 0 Å². The van der Waals surface area contributed by atoms with Crippen LogP contribution in [0.25, 0.3) is 0 Å². The topological polar surface area (TPSA) is 184 Å². The Hall–Kier alpha value is 0.330. The highest BCUT2D eigenvalue weighted by molar-refractivity contribution is 7.68. The molecule has 6 atom stereocenters. The highest BCUT2D eigenvalue weighted by Gasteiger charge is 2.44. The maximum Gasteiger partial charge on any atom is 0.491 e. The molecule has 1 saturated heterocycles. The fraction of sp³-hybridized carbons (Fsp3) is 1.00. The summed E-state index contributed by atoms with van der Waals surface area (Å²) in [5.74, 6) is 0.310. The fourth-order valence-electron chi connectivity index (χ4n) is 3.44. The normalized spacial score (nSPS) is 33.5. The van der Waals surface area contributed by atoms with Crippen LogP contribution in [0.1, 0.15) is 44.9 Å². The Morgan fingerprint density at radius 3 is 2.21 bits per heavy atom. The molecule has 0 spiro atoms. The van der Waals surface area contributed by atoms with Crippen LogP contribution >= 0.6 is 23.4 Å². The third-order valence-electron chi connectivity index (χ3n) is 4.72. The van der Waals surface area contributed by atoms with Crippen LogP contribution in [0.5, 0.6) is 0 Å². The van der Waals surface area contributed by atoms with E-state index in [-0.39, 0.29) is 6.10 Å². The molecule has 0 amide bonds. The van der Waals surface area contributed by atoms with Gasteiger partial charge in [-0.15, -0.1) is 0 Å². The molecular weight excluding hydrogens is 439 g/mol. The predicted octanol–water partition coefficient (Wildman–Crippen LogP) is 2.44. The van der Waals surface area contributed by atoms with Gasteiger partial charge < -0.3 is 19.6 Å². The Bertz CT molecular complexity index is 648. The van der Waals surface area contributed by atoms with Gasteiger partial charge in [0.25, 0.3) is 0 Å². The maximum absolute atomic E-state index is 12.0. The zero-order valence-electron chi connectivity index (χ0n) is 15.5. The van der Waals surface area contributed by atoms with Gasteiger partial charge in [-0.3, -0.25) is 9.05 Å². The number of nitrogens with two attached hydrogens (primary N) is 1. The van der Waals surface area contributed by atoms with Gasteiger partial charge in [-0.25, -0.2) is 19.2 Å². The third kappa shape index (κ3) is 7.87. The summed E-state index contributed by atoms with van der Waals surface area (Å²) in [6.07, 6.45) is 4.99. The maximum atomic E-state index is 12.0. The van der Waals surface area contributed by atoms with Gasteiger partial charge in [0.05, 0.1) is 18.8 Å². The SMILES string of the molecule is COP(=O)(OP(N)(=O)O)OP(=O)(O)OC[C@H]1O[C@@H](C2CCCCCC2)CC1O. The first-order chi connectivity index (χ1) is 12.9. The van der Waals surface area contributed by atoms with Crippen molar-refractivity contribution in [2.45, 2.75) is 63.3 Å². The molecule has 1 saturated carbocycles. The van der Waals surface area contributed by atoms with Crippen molar-refractivity contribution >= 4 is 23.4 Å². The summed E-state index contributed by atoms with van der Waals surface area (Å²) < 4.78 is 58.0. The summed E-state index contributed by atoms with van der Waals surface area (Å²) in [4.78, 5) is 18.6. The Balaban J connectivity index is 1.90. The number of aliphatic hydroxyl groups excluding tert-OH is 1. The van der Waals surface area contributed by atoms with E-state index in [0.717, 1.165) is 32.8 Å². The van der Waals surface area contributed by atoms with Crippen LogP contribution in [0, 0.1) is 5.92 Å². The number of phosphoric ester groups is 1. The van der Waals surface area contributed by atoms with Gasteiger partial charge in [-0.1, -0.05) is 25.7 Å². The highest BCUT2D eigenvalue weighted by Crippen LogP contribution is 2.68. The van der Waals surface area contributed by atoms with Gasteiger partial charge in [0.1, 0.15) is 6.10 Å². The first kappa shape index (κ1) is 24.6. The fourth-order valence-corrected chi connectivity index (χ4v) is 7.04. The van der Waals surface area contributed by atoms with E-state index >= 15 is 0 Å². The van der Waals surface area contributed by atoms with Crippen LogP contribution in [-0.2, 0) is 36.1 Å². The molecule has 15 heteroatoms. The summed E-state index contributed by atoms with van der Waals surface area (Å²) in [6, 6.07) is 0. The Kier molecular flexibility index (Phi) is 8.87. The number of phosphoric acid groups is 2. The quantitative estimate of drug-likeness (QED) is 0.287. The van der Waals surface area contributed by atoms with E-state index in [1.54, 1.807) is 0 Å². The van der Waals surface area contributed by atoms with Crippen LogP contribution in [0.3, 0.4) is 0 Å². The van der Waals surface area contributed by atoms with Crippen molar-refractivity contribution < 1.29 is 51.0 Å². The van der Waals surface area contributed by atoms with Crippen LogP contribution in [0.15, 0.2) is 0 Å². The van der Waals surface area contributed by atoms with Gasteiger partial charge >= 0.3 is 23.4 Å². The molecule has 2 aliphatic rings. The summed E-state index contributed by atoms with van der Waals surface area (Å²) in [5.41, 5.74) is 4.70. The van der Waals surface area contributed by atoms with Gasteiger partial charge in [-0.05, 0) is 18.8 Å². The standard InChI is InChI=1S/C13H28NO11P3/c1-21-28(20,24-26(14,16)17)25-27(18,19)22-9-13-11(15)8-12(23-13)10-6-4-2-3-5-7-10/h10-13,15H,2-9H2,1H3,(H,18,19)(H3,14,16,17)/t11?,12-,13-,28?/m1/s1. The Labute approximate surface area is 163 Å². The van der Waals surface area contributed by atoms with Gasteiger partial charge in [-0.2, -0.15) is 8.62 Å².